The van der Waals surface area contributed by atoms with Crippen LogP contribution in [-0.2, 0) is 9.47 Å². The monoisotopic (exact) mass is 578 g/mol. The first-order chi connectivity index (χ1) is 19.4. The van der Waals surface area contributed by atoms with E-state index < -0.39 is 107 Å². The van der Waals surface area contributed by atoms with E-state index in [1.807, 2.05) is 0 Å². The number of hydrogen-bond donors (Lipinski definition) is 10. The first-order valence-electron chi connectivity index (χ1n) is 12.7. The minimum atomic E-state index is -1.98. The smallest absolute Gasteiger partial charge is 0.197 e. The van der Waals surface area contributed by atoms with E-state index in [9.17, 15) is 55.9 Å². The SMILES string of the molecule is C[C@H]1O[C@H](c2c(O)c([C@H]3O[C@H](CO)[C@@H](O)[C@H](O)[C@H]3O)c(O)c3c(=O)cc(-c4ccc(O)cc4)oc23)[C@H](O)[C@H](O)[C@H]1O. The fourth-order valence-corrected chi connectivity index (χ4v) is 5.34. The van der Waals surface area contributed by atoms with Crippen molar-refractivity contribution in [3.05, 3.63) is 51.7 Å². The zero-order chi connectivity index (χ0) is 29.9. The molecule has 0 aliphatic carbocycles. The number of benzene rings is 2. The largest absolute Gasteiger partial charge is 0.508 e. The number of rotatable bonds is 4. The van der Waals surface area contributed by atoms with Crippen molar-refractivity contribution in [2.45, 2.75) is 68.0 Å². The quantitative estimate of drug-likeness (QED) is 0.172. The van der Waals surface area contributed by atoms with Crippen LogP contribution in [0.4, 0.5) is 0 Å². The number of aliphatic hydroxyl groups excluding tert-OH is 7. The lowest BCUT2D eigenvalue weighted by Crippen LogP contribution is -2.55. The van der Waals surface area contributed by atoms with E-state index in [-0.39, 0.29) is 11.5 Å². The van der Waals surface area contributed by atoms with E-state index in [1.54, 1.807) is 0 Å². The highest BCUT2D eigenvalue weighted by Crippen LogP contribution is 2.50. The number of aliphatic hydroxyl groups is 7. The molecule has 2 fully saturated rings. The minimum Gasteiger partial charge on any atom is -0.508 e. The fraction of sp³-hybridized carbons (Fsp3) is 0.444. The molecule has 5 rings (SSSR count). The van der Waals surface area contributed by atoms with Gasteiger partial charge in [0.15, 0.2) is 11.0 Å². The summed E-state index contributed by atoms with van der Waals surface area (Å²) in [5.74, 6) is -2.01. The van der Waals surface area contributed by atoms with Crippen LogP contribution in [0.5, 0.6) is 17.2 Å². The van der Waals surface area contributed by atoms with Gasteiger partial charge >= 0.3 is 0 Å². The van der Waals surface area contributed by atoms with E-state index in [0.29, 0.717) is 5.56 Å². The average Bonchev–Trinajstić information content (AvgIpc) is 2.94. The van der Waals surface area contributed by atoms with E-state index in [1.165, 1.54) is 31.2 Å². The van der Waals surface area contributed by atoms with Crippen molar-refractivity contribution in [2.24, 2.45) is 0 Å². The Morgan fingerprint density at radius 2 is 1.32 bits per heavy atom. The first kappa shape index (κ1) is 29.2. The molecule has 0 radical (unpaired) electrons. The third kappa shape index (κ3) is 4.72. The molecule has 14 heteroatoms. The molecular weight excluding hydrogens is 548 g/mol. The molecular formula is C27H30O14. The van der Waals surface area contributed by atoms with Crippen molar-refractivity contribution < 1.29 is 65.0 Å². The molecule has 2 saturated heterocycles. The van der Waals surface area contributed by atoms with Crippen LogP contribution in [0.25, 0.3) is 22.3 Å². The van der Waals surface area contributed by atoms with Crippen molar-refractivity contribution in [3.8, 4) is 28.6 Å². The van der Waals surface area contributed by atoms with E-state index in [4.69, 9.17) is 13.9 Å². The van der Waals surface area contributed by atoms with Crippen molar-refractivity contribution in [2.75, 3.05) is 6.61 Å². The van der Waals surface area contributed by atoms with Gasteiger partial charge in [0, 0.05) is 11.6 Å². The molecule has 3 heterocycles. The van der Waals surface area contributed by atoms with E-state index >= 15 is 0 Å². The summed E-state index contributed by atoms with van der Waals surface area (Å²) >= 11 is 0. The molecule has 222 valence electrons. The van der Waals surface area contributed by atoms with Crippen LogP contribution >= 0.6 is 0 Å². The molecule has 14 nitrogen and oxygen atoms in total. The summed E-state index contributed by atoms with van der Waals surface area (Å²) < 4.78 is 17.2. The number of hydrogen-bond acceptors (Lipinski definition) is 14. The van der Waals surface area contributed by atoms with Crippen LogP contribution in [0.3, 0.4) is 0 Å². The van der Waals surface area contributed by atoms with Gasteiger partial charge in [-0.25, -0.2) is 0 Å². The topological polar surface area (TPSA) is 251 Å². The summed E-state index contributed by atoms with van der Waals surface area (Å²) in [6.07, 6.45) is -16.9. The van der Waals surface area contributed by atoms with Crippen molar-refractivity contribution in [3.63, 3.8) is 0 Å². The molecule has 2 aliphatic heterocycles. The second kappa shape index (κ2) is 10.8. The number of aromatic hydroxyl groups is 3. The number of phenolic OH excluding ortho intramolecular Hbond substituents is 3. The van der Waals surface area contributed by atoms with Crippen LogP contribution in [-0.4, -0.2) is 107 Å². The number of phenols is 3. The molecule has 0 saturated carbocycles. The van der Waals surface area contributed by atoms with Gasteiger partial charge in [-0.1, -0.05) is 0 Å². The van der Waals surface area contributed by atoms with Crippen LogP contribution in [0.15, 0.2) is 39.5 Å². The summed E-state index contributed by atoms with van der Waals surface area (Å²) in [5.41, 5.74) is -2.16. The van der Waals surface area contributed by atoms with Crippen molar-refractivity contribution in [1.29, 1.82) is 0 Å². The molecule has 10 atom stereocenters. The fourth-order valence-electron chi connectivity index (χ4n) is 5.34. The number of ether oxygens (including phenoxy) is 2. The van der Waals surface area contributed by atoms with Gasteiger partial charge in [0.25, 0.3) is 0 Å². The van der Waals surface area contributed by atoms with Crippen LogP contribution in [0.2, 0.25) is 0 Å². The Morgan fingerprint density at radius 1 is 0.732 bits per heavy atom. The van der Waals surface area contributed by atoms with Crippen molar-refractivity contribution >= 4 is 11.0 Å². The Bertz CT molecular complexity index is 1480. The maximum Gasteiger partial charge on any atom is 0.197 e. The van der Waals surface area contributed by atoms with Gasteiger partial charge in [-0.05, 0) is 31.2 Å². The average molecular weight is 579 g/mol. The molecule has 1 aromatic heterocycles. The summed E-state index contributed by atoms with van der Waals surface area (Å²) in [6, 6.07) is 6.51. The molecule has 2 aliphatic rings. The predicted octanol–water partition coefficient (Wildman–Crippen LogP) is -1.37. The van der Waals surface area contributed by atoms with Crippen molar-refractivity contribution in [1.82, 2.24) is 0 Å². The highest BCUT2D eigenvalue weighted by atomic mass is 16.5. The van der Waals surface area contributed by atoms with E-state index in [0.717, 1.165) is 6.07 Å². The molecule has 0 spiro atoms. The second-order valence-electron chi connectivity index (χ2n) is 10.2. The molecule has 3 aromatic rings. The molecule has 0 amide bonds. The predicted molar refractivity (Wildman–Crippen MR) is 137 cm³/mol. The van der Waals surface area contributed by atoms with Gasteiger partial charge in [-0.15, -0.1) is 0 Å². The van der Waals surface area contributed by atoms with Crippen LogP contribution in [0, 0.1) is 0 Å². The number of fused-ring (bicyclic) bond motifs is 1. The normalized spacial score (nSPS) is 34.1. The standard InChI is InChI=1S/C27H30O14/c1-8-17(31)21(35)23(37)27(39-8)16-20(34)15(26-24(38)22(36)18(32)13(7-28)41-26)19(33)14-11(30)6-12(40-25(14)16)9-2-4-10(29)5-3-9/h2-6,8,13,17-18,21-24,26-29,31-38H,7H2,1H3/t8-,13-,17+,18-,21-,22+,23-,24-,26-,27-/m1/s1. The highest BCUT2D eigenvalue weighted by Gasteiger charge is 2.49. The zero-order valence-corrected chi connectivity index (χ0v) is 21.5. The summed E-state index contributed by atoms with van der Waals surface area (Å²) in [4.78, 5) is 13.4. The minimum absolute atomic E-state index is 0.0719. The molecule has 10 N–H and O–H groups in total. The van der Waals surface area contributed by atoms with Gasteiger partial charge < -0.3 is 65.0 Å². The zero-order valence-electron chi connectivity index (χ0n) is 21.5. The van der Waals surface area contributed by atoms with Gasteiger partial charge in [0.05, 0.1) is 23.8 Å². The lowest BCUT2D eigenvalue weighted by molar-refractivity contribution is -0.232. The Kier molecular flexibility index (Phi) is 7.71. The maximum absolute atomic E-state index is 13.4. The Morgan fingerprint density at radius 3 is 1.93 bits per heavy atom. The van der Waals surface area contributed by atoms with E-state index in [2.05, 4.69) is 0 Å². The lowest BCUT2D eigenvalue weighted by atomic mass is 9.85. The van der Waals surface area contributed by atoms with Gasteiger partial charge in [0.2, 0.25) is 0 Å². The summed E-state index contributed by atoms with van der Waals surface area (Å²) in [5, 5.41) is 104. The van der Waals surface area contributed by atoms with Crippen LogP contribution < -0.4 is 5.43 Å². The first-order valence-corrected chi connectivity index (χ1v) is 12.7. The second-order valence-corrected chi connectivity index (χ2v) is 10.2. The summed E-state index contributed by atoms with van der Waals surface area (Å²) in [6.45, 7) is 0.552. The third-order valence-electron chi connectivity index (χ3n) is 7.66. The maximum atomic E-state index is 13.4. The van der Waals surface area contributed by atoms with Crippen LogP contribution in [0.1, 0.15) is 30.3 Å². The molecule has 2 aromatic carbocycles. The molecule has 41 heavy (non-hydrogen) atoms. The molecule has 0 bridgehead atoms. The lowest BCUT2D eigenvalue weighted by Gasteiger charge is -2.42. The van der Waals surface area contributed by atoms with Gasteiger partial charge in [0.1, 0.15) is 83.3 Å². The third-order valence-corrected chi connectivity index (χ3v) is 7.66. The van der Waals surface area contributed by atoms with Gasteiger partial charge in [-0.2, -0.15) is 0 Å². The Labute approximate surface area is 231 Å². The summed E-state index contributed by atoms with van der Waals surface area (Å²) in [7, 11) is 0. The molecule has 0 unspecified atom stereocenters. The Balaban J connectivity index is 1.81. The van der Waals surface area contributed by atoms with Gasteiger partial charge in [-0.3, -0.25) is 4.79 Å². The Hall–Kier alpha value is -3.31. The highest BCUT2D eigenvalue weighted by molar-refractivity contribution is 5.92.